The third-order valence-electron chi connectivity index (χ3n) is 4.07. The maximum atomic E-state index is 11.6. The van der Waals surface area contributed by atoms with E-state index >= 15 is 0 Å². The number of methoxy groups -OCH3 is 1. The monoisotopic (exact) mass is 282 g/mol. The van der Waals surface area contributed by atoms with Crippen LogP contribution in [0.15, 0.2) is 12.1 Å². The lowest BCUT2D eigenvalue weighted by Crippen LogP contribution is -2.42. The fraction of sp³-hybridized carbons (Fsp3) is 0.533. The average Bonchev–Trinajstić information content (AvgIpc) is 2.26. The second-order valence-electron chi connectivity index (χ2n) is 5.47. The fourth-order valence-electron chi connectivity index (χ4n) is 2.68. The van der Waals surface area contributed by atoms with Crippen LogP contribution < -0.4 is 4.74 Å². The lowest BCUT2D eigenvalue weighted by atomic mass is 9.64. The van der Waals surface area contributed by atoms with Crippen LogP contribution in [0.3, 0.4) is 0 Å². The summed E-state index contributed by atoms with van der Waals surface area (Å²) < 4.78 is 5.40. The lowest BCUT2D eigenvalue weighted by Gasteiger charge is -2.39. The molecule has 1 N–H and O–H groups in total. The summed E-state index contributed by atoms with van der Waals surface area (Å²) in [7, 11) is 1.57. The Hall–Kier alpha value is -1.22. The van der Waals surface area contributed by atoms with Gasteiger partial charge in [-0.25, -0.2) is 0 Å². The molecule has 0 radical (unpaired) electrons. The Bertz CT molecular complexity index is 504. The van der Waals surface area contributed by atoms with Gasteiger partial charge in [-0.3, -0.25) is 4.79 Å². The highest BCUT2D eigenvalue weighted by Crippen LogP contribution is 2.49. The molecule has 1 aliphatic carbocycles. The molecule has 1 aromatic rings. The second kappa shape index (κ2) is 5.04. The SMILES string of the molecule is COc1cc(C(C)C)c(Cl)cc1C1(C(=O)O)CCC1. The van der Waals surface area contributed by atoms with Crippen molar-refractivity contribution in [2.45, 2.75) is 44.4 Å². The first-order chi connectivity index (χ1) is 8.92. The number of halogens is 1. The summed E-state index contributed by atoms with van der Waals surface area (Å²) in [6, 6.07) is 3.66. The van der Waals surface area contributed by atoms with Gasteiger partial charge in [0.05, 0.1) is 12.5 Å². The van der Waals surface area contributed by atoms with E-state index in [1.165, 1.54) is 0 Å². The van der Waals surface area contributed by atoms with Gasteiger partial charge in [0.1, 0.15) is 5.75 Å². The summed E-state index contributed by atoms with van der Waals surface area (Å²) in [6.07, 6.45) is 2.23. The highest BCUT2D eigenvalue weighted by atomic mass is 35.5. The highest BCUT2D eigenvalue weighted by Gasteiger charge is 2.48. The van der Waals surface area contributed by atoms with Crippen LogP contribution >= 0.6 is 11.6 Å². The number of hydrogen-bond donors (Lipinski definition) is 1. The fourth-order valence-corrected chi connectivity index (χ4v) is 3.07. The molecule has 1 aliphatic rings. The van der Waals surface area contributed by atoms with Crippen LogP contribution in [0.5, 0.6) is 5.75 Å². The van der Waals surface area contributed by atoms with Crippen LogP contribution in [-0.2, 0) is 10.2 Å². The minimum atomic E-state index is -0.815. The van der Waals surface area contributed by atoms with Crippen molar-refractivity contribution in [3.8, 4) is 5.75 Å². The van der Waals surface area contributed by atoms with Gasteiger partial charge >= 0.3 is 5.97 Å². The number of carboxylic acids is 1. The molecule has 0 aliphatic heterocycles. The van der Waals surface area contributed by atoms with Gasteiger partial charge in [0.2, 0.25) is 0 Å². The Balaban J connectivity index is 2.57. The van der Waals surface area contributed by atoms with E-state index in [1.807, 2.05) is 6.07 Å². The number of carboxylic acid groups (broad SMARTS) is 1. The molecule has 0 heterocycles. The number of benzene rings is 1. The zero-order valence-corrected chi connectivity index (χ0v) is 12.3. The zero-order valence-electron chi connectivity index (χ0n) is 11.5. The summed E-state index contributed by atoms with van der Waals surface area (Å²) in [4.78, 5) is 11.6. The standard InChI is InChI=1S/C15H19ClO3/c1-9(2)10-7-13(19-3)11(8-12(10)16)15(14(17)18)5-4-6-15/h7-9H,4-6H2,1-3H3,(H,17,18). The molecule has 0 spiro atoms. The molecule has 1 saturated carbocycles. The largest absolute Gasteiger partial charge is 0.496 e. The van der Waals surface area contributed by atoms with Gasteiger partial charge in [-0.15, -0.1) is 0 Å². The molecule has 0 saturated heterocycles. The molecule has 4 heteroatoms. The van der Waals surface area contributed by atoms with Crippen molar-refractivity contribution in [1.29, 1.82) is 0 Å². The van der Waals surface area contributed by atoms with Crippen LogP contribution in [0, 0.1) is 0 Å². The van der Waals surface area contributed by atoms with E-state index in [9.17, 15) is 9.90 Å². The van der Waals surface area contributed by atoms with E-state index in [4.69, 9.17) is 16.3 Å². The van der Waals surface area contributed by atoms with Crippen molar-refractivity contribution in [1.82, 2.24) is 0 Å². The third kappa shape index (κ3) is 2.20. The Morgan fingerprint density at radius 1 is 1.42 bits per heavy atom. The molecule has 3 nitrogen and oxygen atoms in total. The van der Waals surface area contributed by atoms with Gasteiger partial charge in [0.15, 0.2) is 0 Å². The first kappa shape index (κ1) is 14.2. The summed E-state index contributed by atoms with van der Waals surface area (Å²) in [5.74, 6) is 0.123. The van der Waals surface area contributed by atoms with E-state index < -0.39 is 11.4 Å². The molecular formula is C15H19ClO3. The molecule has 0 atom stereocenters. The molecule has 0 unspecified atom stereocenters. The lowest BCUT2D eigenvalue weighted by molar-refractivity contribution is -0.147. The molecule has 0 bridgehead atoms. The van der Waals surface area contributed by atoms with E-state index in [0.29, 0.717) is 29.2 Å². The van der Waals surface area contributed by atoms with Crippen molar-refractivity contribution >= 4 is 17.6 Å². The molecule has 19 heavy (non-hydrogen) atoms. The number of carbonyl (C=O) groups is 1. The number of ether oxygens (including phenoxy) is 1. The Morgan fingerprint density at radius 2 is 2.05 bits per heavy atom. The third-order valence-corrected chi connectivity index (χ3v) is 4.40. The topological polar surface area (TPSA) is 46.5 Å². The van der Waals surface area contributed by atoms with E-state index in [0.717, 1.165) is 12.0 Å². The van der Waals surface area contributed by atoms with Crippen LogP contribution in [0.4, 0.5) is 0 Å². The van der Waals surface area contributed by atoms with Gasteiger partial charge < -0.3 is 9.84 Å². The maximum absolute atomic E-state index is 11.6. The van der Waals surface area contributed by atoms with Gasteiger partial charge in [0, 0.05) is 10.6 Å². The van der Waals surface area contributed by atoms with Crippen LogP contribution in [-0.4, -0.2) is 18.2 Å². The molecule has 1 aromatic carbocycles. The molecular weight excluding hydrogens is 264 g/mol. The van der Waals surface area contributed by atoms with E-state index in [2.05, 4.69) is 13.8 Å². The summed E-state index contributed by atoms with van der Waals surface area (Å²) in [6.45, 7) is 4.10. The predicted octanol–water partition coefficient (Wildman–Crippen LogP) is 3.98. The highest BCUT2D eigenvalue weighted by molar-refractivity contribution is 6.31. The second-order valence-corrected chi connectivity index (χ2v) is 5.88. The number of aliphatic carboxylic acids is 1. The summed E-state index contributed by atoms with van der Waals surface area (Å²) >= 11 is 6.30. The van der Waals surface area contributed by atoms with Crippen molar-refractivity contribution in [3.05, 3.63) is 28.3 Å². The molecule has 2 rings (SSSR count). The smallest absolute Gasteiger partial charge is 0.314 e. The van der Waals surface area contributed by atoms with Gasteiger partial charge in [0.25, 0.3) is 0 Å². The first-order valence-electron chi connectivity index (χ1n) is 6.53. The number of rotatable bonds is 4. The van der Waals surface area contributed by atoms with Crippen molar-refractivity contribution in [2.24, 2.45) is 0 Å². The Kier molecular flexibility index (Phi) is 3.77. The molecule has 0 amide bonds. The summed E-state index contributed by atoms with van der Waals surface area (Å²) in [5.41, 5.74) is 0.884. The van der Waals surface area contributed by atoms with Crippen molar-refractivity contribution < 1.29 is 14.6 Å². The van der Waals surface area contributed by atoms with E-state index in [-0.39, 0.29) is 5.92 Å². The van der Waals surface area contributed by atoms with Crippen molar-refractivity contribution in [3.63, 3.8) is 0 Å². The quantitative estimate of drug-likeness (QED) is 0.909. The van der Waals surface area contributed by atoms with Crippen LogP contribution in [0.2, 0.25) is 5.02 Å². The van der Waals surface area contributed by atoms with Gasteiger partial charge in [-0.1, -0.05) is 31.9 Å². The minimum absolute atomic E-state index is 0.276. The number of hydrogen-bond acceptors (Lipinski definition) is 2. The van der Waals surface area contributed by atoms with E-state index in [1.54, 1.807) is 13.2 Å². The normalized spacial score (nSPS) is 17.1. The Morgan fingerprint density at radius 3 is 2.42 bits per heavy atom. The summed E-state index contributed by atoms with van der Waals surface area (Å²) in [5, 5.41) is 10.2. The van der Waals surface area contributed by atoms with Crippen LogP contribution in [0.1, 0.15) is 50.2 Å². The molecule has 0 aromatic heterocycles. The van der Waals surface area contributed by atoms with Crippen molar-refractivity contribution in [2.75, 3.05) is 7.11 Å². The Labute approximate surface area is 118 Å². The minimum Gasteiger partial charge on any atom is -0.496 e. The van der Waals surface area contributed by atoms with Gasteiger partial charge in [-0.2, -0.15) is 0 Å². The van der Waals surface area contributed by atoms with Crippen LogP contribution in [0.25, 0.3) is 0 Å². The average molecular weight is 283 g/mol. The predicted molar refractivity (Wildman–Crippen MR) is 75.3 cm³/mol. The first-order valence-corrected chi connectivity index (χ1v) is 6.91. The van der Waals surface area contributed by atoms with Gasteiger partial charge in [-0.05, 0) is 36.5 Å². The zero-order chi connectivity index (χ0) is 14.2. The molecule has 1 fully saturated rings. The molecule has 104 valence electrons. The maximum Gasteiger partial charge on any atom is 0.314 e.